The van der Waals surface area contributed by atoms with Crippen LogP contribution in [0, 0.1) is 0 Å². The quantitative estimate of drug-likeness (QED) is 0.815. The van der Waals surface area contributed by atoms with Crippen molar-refractivity contribution >= 4 is 0 Å². The summed E-state index contributed by atoms with van der Waals surface area (Å²) in [6.45, 7) is 1.29. The maximum absolute atomic E-state index is 8.93. The number of hydrogen-bond acceptors (Lipinski definition) is 5. The third-order valence-electron chi connectivity index (χ3n) is 2.99. The fourth-order valence-electron chi connectivity index (χ4n) is 1.89. The number of aromatic nitrogens is 2. The largest absolute Gasteiger partial charge is 0.392 e. The van der Waals surface area contributed by atoms with Gasteiger partial charge in [-0.1, -0.05) is 0 Å². The Kier molecular flexibility index (Phi) is 3.48. The van der Waals surface area contributed by atoms with Crippen molar-refractivity contribution in [2.24, 2.45) is 0 Å². The molecule has 1 aliphatic rings. The van der Waals surface area contributed by atoms with Crippen molar-refractivity contribution < 1.29 is 14.6 Å². The fourth-order valence-corrected chi connectivity index (χ4v) is 1.89. The fraction of sp³-hybridized carbons (Fsp3) is 0.636. The van der Waals surface area contributed by atoms with Gasteiger partial charge in [-0.25, -0.2) is 9.97 Å². The zero-order valence-corrected chi connectivity index (χ0v) is 9.35. The van der Waals surface area contributed by atoms with Gasteiger partial charge in [0.15, 0.2) is 5.82 Å². The van der Waals surface area contributed by atoms with Crippen LogP contribution in [-0.4, -0.2) is 35.4 Å². The number of hydrogen-bond donors (Lipinski definition) is 1. The van der Waals surface area contributed by atoms with Crippen LogP contribution in [0.5, 0.6) is 0 Å². The molecule has 0 bridgehead atoms. The van der Waals surface area contributed by atoms with Crippen molar-refractivity contribution in [1.29, 1.82) is 0 Å². The molecule has 0 aliphatic carbocycles. The highest BCUT2D eigenvalue weighted by Gasteiger charge is 2.37. The molecule has 0 radical (unpaired) electrons. The lowest BCUT2D eigenvalue weighted by Gasteiger charge is -2.34. The summed E-state index contributed by atoms with van der Waals surface area (Å²) in [7, 11) is 1.68. The van der Waals surface area contributed by atoms with E-state index in [1.165, 1.54) is 0 Å². The van der Waals surface area contributed by atoms with Gasteiger partial charge < -0.3 is 14.6 Å². The molecule has 0 unspecified atom stereocenters. The Bertz CT molecular complexity index is 334. The number of ether oxygens (including phenoxy) is 2. The SMILES string of the molecule is COC1(c2ncc(CO)cn2)CCOCC1. The van der Waals surface area contributed by atoms with Gasteiger partial charge in [0.2, 0.25) is 0 Å². The van der Waals surface area contributed by atoms with Crippen LogP contribution in [0.3, 0.4) is 0 Å². The van der Waals surface area contributed by atoms with E-state index in [-0.39, 0.29) is 6.61 Å². The van der Waals surface area contributed by atoms with E-state index in [4.69, 9.17) is 14.6 Å². The minimum Gasteiger partial charge on any atom is -0.392 e. The molecule has 2 rings (SSSR count). The van der Waals surface area contributed by atoms with Crippen molar-refractivity contribution in [1.82, 2.24) is 9.97 Å². The van der Waals surface area contributed by atoms with Gasteiger partial charge in [0.25, 0.3) is 0 Å². The molecular weight excluding hydrogens is 208 g/mol. The molecule has 1 N–H and O–H groups in total. The number of methoxy groups -OCH3 is 1. The third-order valence-corrected chi connectivity index (χ3v) is 2.99. The second-order valence-electron chi connectivity index (χ2n) is 3.88. The molecule has 1 saturated heterocycles. The van der Waals surface area contributed by atoms with Crippen LogP contribution in [0.25, 0.3) is 0 Å². The summed E-state index contributed by atoms with van der Waals surface area (Å²) in [5, 5.41) is 8.93. The van der Waals surface area contributed by atoms with E-state index >= 15 is 0 Å². The van der Waals surface area contributed by atoms with Crippen LogP contribution >= 0.6 is 0 Å². The van der Waals surface area contributed by atoms with E-state index in [0.717, 1.165) is 12.8 Å². The van der Waals surface area contributed by atoms with Gasteiger partial charge in [-0.2, -0.15) is 0 Å². The lowest BCUT2D eigenvalue weighted by Crippen LogP contribution is -2.37. The number of rotatable bonds is 3. The lowest BCUT2D eigenvalue weighted by atomic mass is 9.93. The maximum atomic E-state index is 8.93. The molecule has 1 aromatic heterocycles. The minimum absolute atomic E-state index is 0.0383. The average molecular weight is 224 g/mol. The van der Waals surface area contributed by atoms with Gasteiger partial charge in [0.05, 0.1) is 6.61 Å². The number of aliphatic hydroxyl groups excluding tert-OH is 1. The molecule has 5 heteroatoms. The topological polar surface area (TPSA) is 64.5 Å². The molecule has 1 fully saturated rings. The monoisotopic (exact) mass is 224 g/mol. The summed E-state index contributed by atoms with van der Waals surface area (Å²) in [4.78, 5) is 8.53. The first kappa shape index (κ1) is 11.4. The minimum atomic E-state index is -0.424. The normalized spacial score (nSPS) is 19.6. The Morgan fingerprint density at radius 3 is 2.50 bits per heavy atom. The van der Waals surface area contributed by atoms with Gasteiger partial charge in [-0.15, -0.1) is 0 Å². The summed E-state index contributed by atoms with van der Waals surface area (Å²) in [5.74, 6) is 0.676. The van der Waals surface area contributed by atoms with Crippen molar-refractivity contribution in [3.05, 3.63) is 23.8 Å². The molecule has 0 spiro atoms. The Hall–Kier alpha value is -1.04. The highest BCUT2D eigenvalue weighted by molar-refractivity contribution is 5.09. The van der Waals surface area contributed by atoms with Crippen molar-refractivity contribution in [2.45, 2.75) is 25.0 Å². The Morgan fingerprint density at radius 2 is 2.00 bits per heavy atom. The van der Waals surface area contributed by atoms with Crippen LogP contribution in [-0.2, 0) is 21.7 Å². The zero-order valence-electron chi connectivity index (χ0n) is 9.35. The average Bonchev–Trinajstić information content (AvgIpc) is 2.39. The van der Waals surface area contributed by atoms with Gasteiger partial charge in [-0.3, -0.25) is 0 Å². The molecule has 1 aromatic rings. The van der Waals surface area contributed by atoms with Gasteiger partial charge in [0.1, 0.15) is 5.60 Å². The molecule has 0 atom stereocenters. The number of nitrogens with zero attached hydrogens (tertiary/aromatic N) is 2. The summed E-state index contributed by atoms with van der Waals surface area (Å²) in [6, 6.07) is 0. The van der Waals surface area contributed by atoms with E-state index in [1.54, 1.807) is 19.5 Å². The molecule has 1 aliphatic heterocycles. The molecular formula is C11H16N2O3. The predicted molar refractivity (Wildman–Crippen MR) is 56.7 cm³/mol. The number of aliphatic hydroxyl groups is 1. The van der Waals surface area contributed by atoms with Crippen LogP contribution in [0.4, 0.5) is 0 Å². The van der Waals surface area contributed by atoms with Crippen molar-refractivity contribution in [3.8, 4) is 0 Å². The highest BCUT2D eigenvalue weighted by Crippen LogP contribution is 2.32. The third kappa shape index (κ3) is 2.07. The van der Waals surface area contributed by atoms with Crippen LogP contribution in [0.1, 0.15) is 24.2 Å². The zero-order chi connectivity index (χ0) is 11.4. The highest BCUT2D eigenvalue weighted by atomic mass is 16.5. The van der Waals surface area contributed by atoms with Crippen molar-refractivity contribution in [3.63, 3.8) is 0 Å². The Morgan fingerprint density at radius 1 is 1.38 bits per heavy atom. The second kappa shape index (κ2) is 4.86. The Balaban J connectivity index is 2.24. The summed E-state index contributed by atoms with van der Waals surface area (Å²) in [5.41, 5.74) is 0.286. The maximum Gasteiger partial charge on any atom is 0.160 e. The summed E-state index contributed by atoms with van der Waals surface area (Å²) >= 11 is 0. The molecule has 0 aromatic carbocycles. The van der Waals surface area contributed by atoms with Crippen LogP contribution in [0.2, 0.25) is 0 Å². The van der Waals surface area contributed by atoms with Crippen LogP contribution in [0.15, 0.2) is 12.4 Å². The van der Waals surface area contributed by atoms with E-state index in [9.17, 15) is 0 Å². The predicted octanol–water partition coefficient (Wildman–Crippen LogP) is 0.621. The van der Waals surface area contributed by atoms with Crippen LogP contribution < -0.4 is 0 Å². The first-order chi connectivity index (χ1) is 7.80. The standard InChI is InChI=1S/C11H16N2O3/c1-15-11(2-4-16-5-3-11)10-12-6-9(8-14)7-13-10/h6-7,14H,2-5,8H2,1H3. The second-order valence-corrected chi connectivity index (χ2v) is 3.88. The molecule has 5 nitrogen and oxygen atoms in total. The summed E-state index contributed by atoms with van der Waals surface area (Å²) < 4.78 is 10.9. The van der Waals surface area contributed by atoms with E-state index in [2.05, 4.69) is 9.97 Å². The van der Waals surface area contributed by atoms with Gasteiger partial charge in [0, 0.05) is 51.1 Å². The molecule has 2 heterocycles. The lowest BCUT2D eigenvalue weighted by molar-refractivity contribution is -0.100. The van der Waals surface area contributed by atoms with E-state index in [1.807, 2.05) is 0 Å². The summed E-state index contributed by atoms with van der Waals surface area (Å²) in [6.07, 6.45) is 4.81. The van der Waals surface area contributed by atoms with Gasteiger partial charge in [-0.05, 0) is 0 Å². The van der Waals surface area contributed by atoms with E-state index < -0.39 is 5.60 Å². The Labute approximate surface area is 94.4 Å². The molecule has 0 amide bonds. The van der Waals surface area contributed by atoms with Crippen molar-refractivity contribution in [2.75, 3.05) is 20.3 Å². The molecule has 0 saturated carbocycles. The molecule has 16 heavy (non-hydrogen) atoms. The smallest absolute Gasteiger partial charge is 0.160 e. The molecule has 88 valence electrons. The van der Waals surface area contributed by atoms with Gasteiger partial charge >= 0.3 is 0 Å². The first-order valence-electron chi connectivity index (χ1n) is 5.36. The van der Waals surface area contributed by atoms with E-state index in [0.29, 0.717) is 24.6 Å². The first-order valence-corrected chi connectivity index (χ1v) is 5.36.